The number of allylic oxidation sites excluding steroid dienone is 1. The molecule has 0 aliphatic heterocycles. The summed E-state index contributed by atoms with van der Waals surface area (Å²) in [5.74, 6) is 2.66. The molecule has 1 aromatic heterocycles. The van der Waals surface area contributed by atoms with E-state index in [1.807, 2.05) is 43.3 Å². The number of hydrogen-bond acceptors (Lipinski definition) is 4. The van der Waals surface area contributed by atoms with Crippen LogP contribution in [0.3, 0.4) is 0 Å². The Hall–Kier alpha value is -2.69. The lowest BCUT2D eigenvalue weighted by molar-refractivity contribution is 0.401. The van der Waals surface area contributed by atoms with Gasteiger partial charge in [-0.1, -0.05) is 25.3 Å². The molecule has 136 valence electrons. The van der Waals surface area contributed by atoms with Crippen LogP contribution in [0.15, 0.2) is 53.8 Å². The third kappa shape index (κ3) is 4.69. The third-order valence-electron chi connectivity index (χ3n) is 4.59. The Balaban J connectivity index is 1.71. The SMILES string of the molecule is C/C=C\C(=NC)Nc1ccc(Oc2nccnc2C2CCCCC2)cc1. The maximum Gasteiger partial charge on any atom is 0.241 e. The minimum atomic E-state index is 0.456. The fourth-order valence-corrected chi connectivity index (χ4v) is 3.27. The summed E-state index contributed by atoms with van der Waals surface area (Å²) in [7, 11) is 1.76. The van der Waals surface area contributed by atoms with Gasteiger partial charge in [-0.15, -0.1) is 0 Å². The third-order valence-corrected chi connectivity index (χ3v) is 4.59. The van der Waals surface area contributed by atoms with Gasteiger partial charge in [0, 0.05) is 31.0 Å². The van der Waals surface area contributed by atoms with Crippen LogP contribution in [0.4, 0.5) is 5.69 Å². The topological polar surface area (TPSA) is 59.4 Å². The average molecular weight is 350 g/mol. The number of rotatable bonds is 5. The highest BCUT2D eigenvalue weighted by molar-refractivity contribution is 6.03. The number of amidine groups is 1. The summed E-state index contributed by atoms with van der Waals surface area (Å²) < 4.78 is 6.05. The highest BCUT2D eigenvalue weighted by Crippen LogP contribution is 2.36. The second-order valence-corrected chi connectivity index (χ2v) is 6.44. The molecular weight excluding hydrogens is 324 g/mol. The lowest BCUT2D eigenvalue weighted by Gasteiger charge is -2.22. The largest absolute Gasteiger partial charge is 0.437 e. The van der Waals surface area contributed by atoms with Crippen molar-refractivity contribution in [1.82, 2.24) is 9.97 Å². The molecule has 5 nitrogen and oxygen atoms in total. The zero-order valence-electron chi connectivity index (χ0n) is 15.5. The van der Waals surface area contributed by atoms with E-state index in [4.69, 9.17) is 4.74 Å². The van der Waals surface area contributed by atoms with E-state index in [9.17, 15) is 0 Å². The van der Waals surface area contributed by atoms with E-state index >= 15 is 0 Å². The molecule has 3 rings (SSSR count). The molecule has 5 heteroatoms. The van der Waals surface area contributed by atoms with Crippen LogP contribution >= 0.6 is 0 Å². The van der Waals surface area contributed by atoms with Crippen molar-refractivity contribution >= 4 is 11.5 Å². The second kappa shape index (κ2) is 9.13. The first-order chi connectivity index (χ1) is 12.8. The molecule has 1 aliphatic carbocycles. The van der Waals surface area contributed by atoms with Crippen molar-refractivity contribution in [3.05, 3.63) is 54.5 Å². The van der Waals surface area contributed by atoms with Crippen molar-refractivity contribution in [3.8, 4) is 11.6 Å². The van der Waals surface area contributed by atoms with Crippen LogP contribution in [0.5, 0.6) is 11.6 Å². The predicted octanol–water partition coefficient (Wildman–Crippen LogP) is 5.33. The van der Waals surface area contributed by atoms with E-state index in [0.29, 0.717) is 11.8 Å². The lowest BCUT2D eigenvalue weighted by Crippen LogP contribution is -2.09. The van der Waals surface area contributed by atoms with Gasteiger partial charge in [0.15, 0.2) is 0 Å². The van der Waals surface area contributed by atoms with Crippen LogP contribution in [-0.2, 0) is 0 Å². The molecule has 0 radical (unpaired) electrons. The fourth-order valence-electron chi connectivity index (χ4n) is 3.27. The first kappa shape index (κ1) is 18.1. The maximum absolute atomic E-state index is 6.05. The van der Waals surface area contributed by atoms with Crippen molar-refractivity contribution in [1.29, 1.82) is 0 Å². The smallest absolute Gasteiger partial charge is 0.241 e. The van der Waals surface area contributed by atoms with Crippen molar-refractivity contribution in [3.63, 3.8) is 0 Å². The molecule has 0 atom stereocenters. The Bertz CT molecular complexity index is 762. The summed E-state index contributed by atoms with van der Waals surface area (Å²) in [4.78, 5) is 13.2. The summed E-state index contributed by atoms with van der Waals surface area (Å²) >= 11 is 0. The molecule has 1 N–H and O–H groups in total. The Morgan fingerprint density at radius 3 is 2.54 bits per heavy atom. The normalized spacial score (nSPS) is 16.0. The Kier molecular flexibility index (Phi) is 6.36. The van der Waals surface area contributed by atoms with E-state index in [2.05, 4.69) is 20.3 Å². The van der Waals surface area contributed by atoms with E-state index < -0.39 is 0 Å². The van der Waals surface area contributed by atoms with E-state index in [1.54, 1.807) is 19.4 Å². The molecule has 1 aromatic carbocycles. The van der Waals surface area contributed by atoms with Gasteiger partial charge >= 0.3 is 0 Å². The number of ether oxygens (including phenoxy) is 1. The summed E-state index contributed by atoms with van der Waals surface area (Å²) in [6.45, 7) is 1.97. The number of benzene rings is 1. The van der Waals surface area contributed by atoms with Gasteiger partial charge in [-0.05, 0) is 50.1 Å². The molecule has 0 saturated heterocycles. The maximum atomic E-state index is 6.05. The van der Waals surface area contributed by atoms with Gasteiger partial charge in [-0.2, -0.15) is 0 Å². The van der Waals surface area contributed by atoms with Crippen LogP contribution < -0.4 is 10.1 Å². The van der Waals surface area contributed by atoms with Crippen LogP contribution in [0.25, 0.3) is 0 Å². The Morgan fingerprint density at radius 1 is 1.12 bits per heavy atom. The Morgan fingerprint density at radius 2 is 1.85 bits per heavy atom. The summed E-state index contributed by atoms with van der Waals surface area (Å²) in [6, 6.07) is 7.82. The molecule has 1 fully saturated rings. The minimum Gasteiger partial charge on any atom is -0.437 e. The molecule has 0 spiro atoms. The number of anilines is 1. The van der Waals surface area contributed by atoms with Crippen LogP contribution in [0.2, 0.25) is 0 Å². The van der Waals surface area contributed by atoms with Gasteiger partial charge in [-0.25, -0.2) is 4.98 Å². The molecule has 0 bridgehead atoms. The standard InChI is InChI=1S/C21H26N4O/c1-3-7-19(22-2)25-17-10-12-18(13-11-17)26-21-20(23-14-15-24-21)16-8-5-4-6-9-16/h3,7,10-16H,4-6,8-9H2,1-2H3,(H,22,25)/b7-3-. The lowest BCUT2D eigenvalue weighted by atomic mass is 9.87. The monoisotopic (exact) mass is 350 g/mol. The predicted molar refractivity (Wildman–Crippen MR) is 106 cm³/mol. The Labute approximate surface area is 155 Å². The van der Waals surface area contributed by atoms with Crippen molar-refractivity contribution in [2.45, 2.75) is 44.9 Å². The zero-order chi connectivity index (χ0) is 18.2. The molecule has 2 aromatic rings. The number of aliphatic imine (C=N–C) groups is 1. The molecule has 1 aliphatic rings. The van der Waals surface area contributed by atoms with Crippen LogP contribution in [0.1, 0.15) is 50.6 Å². The average Bonchev–Trinajstić information content (AvgIpc) is 2.70. The van der Waals surface area contributed by atoms with E-state index in [0.717, 1.165) is 23.0 Å². The number of hydrogen-bond donors (Lipinski definition) is 1. The van der Waals surface area contributed by atoms with E-state index in [1.165, 1.54) is 32.1 Å². The van der Waals surface area contributed by atoms with Gasteiger partial charge < -0.3 is 10.1 Å². The number of nitrogens with one attached hydrogen (secondary N) is 1. The highest BCUT2D eigenvalue weighted by atomic mass is 16.5. The zero-order valence-corrected chi connectivity index (χ0v) is 15.5. The van der Waals surface area contributed by atoms with Gasteiger partial charge in [0.25, 0.3) is 0 Å². The summed E-state index contributed by atoms with van der Waals surface area (Å²) in [5, 5.41) is 3.26. The fraction of sp³-hybridized carbons (Fsp3) is 0.381. The highest BCUT2D eigenvalue weighted by Gasteiger charge is 2.21. The van der Waals surface area contributed by atoms with Crippen molar-refractivity contribution in [2.24, 2.45) is 4.99 Å². The van der Waals surface area contributed by atoms with Gasteiger partial charge in [-0.3, -0.25) is 9.98 Å². The quantitative estimate of drug-likeness (QED) is 0.584. The number of nitrogens with zero attached hydrogens (tertiary/aromatic N) is 3. The molecule has 0 amide bonds. The molecular formula is C21H26N4O. The van der Waals surface area contributed by atoms with Gasteiger partial charge in [0.05, 0.1) is 0 Å². The molecule has 1 saturated carbocycles. The van der Waals surface area contributed by atoms with Crippen molar-refractivity contribution in [2.75, 3.05) is 12.4 Å². The molecule has 0 unspecified atom stereocenters. The van der Waals surface area contributed by atoms with Gasteiger partial charge in [0.2, 0.25) is 5.88 Å². The molecule has 1 heterocycles. The van der Waals surface area contributed by atoms with Crippen molar-refractivity contribution < 1.29 is 4.74 Å². The summed E-state index contributed by atoms with van der Waals surface area (Å²) in [6.07, 6.45) is 13.5. The van der Waals surface area contributed by atoms with Gasteiger partial charge in [0.1, 0.15) is 17.3 Å². The summed E-state index contributed by atoms with van der Waals surface area (Å²) in [5.41, 5.74) is 1.95. The minimum absolute atomic E-state index is 0.456. The van der Waals surface area contributed by atoms with Crippen LogP contribution in [0, 0.1) is 0 Å². The number of aromatic nitrogens is 2. The second-order valence-electron chi connectivity index (χ2n) is 6.44. The van der Waals surface area contributed by atoms with Crippen LogP contribution in [-0.4, -0.2) is 22.9 Å². The first-order valence-electron chi connectivity index (χ1n) is 9.25. The first-order valence-corrected chi connectivity index (χ1v) is 9.25. The molecule has 26 heavy (non-hydrogen) atoms. The van der Waals surface area contributed by atoms with E-state index in [-0.39, 0.29) is 0 Å².